The predicted octanol–water partition coefficient (Wildman–Crippen LogP) is 1.50. The number of thiophene rings is 1. The number of esters is 1. The molecule has 0 amide bonds. The lowest BCUT2D eigenvalue weighted by atomic mass is 10.3. The largest absolute Gasteiger partial charge is 0.469 e. The maximum Gasteiger partial charge on any atom is 0.310 e. The second-order valence-electron chi connectivity index (χ2n) is 4.45. The van der Waals surface area contributed by atoms with Gasteiger partial charge in [-0.1, -0.05) is 0 Å². The van der Waals surface area contributed by atoms with Crippen LogP contribution in [0.4, 0.5) is 0 Å². The summed E-state index contributed by atoms with van der Waals surface area (Å²) in [4.78, 5) is 15.6. The number of methoxy groups -OCH3 is 1. The van der Waals surface area contributed by atoms with Crippen LogP contribution in [0.25, 0.3) is 0 Å². The Morgan fingerprint density at radius 1 is 1.39 bits per heavy atom. The number of carbonyl (C=O) groups is 1. The summed E-state index contributed by atoms with van der Waals surface area (Å²) in [6.07, 6.45) is 1.52. The van der Waals surface area contributed by atoms with Gasteiger partial charge < -0.3 is 15.0 Å². The van der Waals surface area contributed by atoms with Crippen molar-refractivity contribution < 1.29 is 9.53 Å². The number of rotatable bonds is 8. The summed E-state index contributed by atoms with van der Waals surface area (Å²) in [6.45, 7) is 2.99. The van der Waals surface area contributed by atoms with E-state index in [0.717, 1.165) is 30.9 Å². The average molecular weight is 270 g/mol. The Bertz CT molecular complexity index is 364. The molecule has 0 spiro atoms. The van der Waals surface area contributed by atoms with Crippen LogP contribution in [0, 0.1) is 0 Å². The molecule has 1 heterocycles. The highest BCUT2D eigenvalue weighted by Gasteiger charge is 2.05. The lowest BCUT2D eigenvalue weighted by Gasteiger charge is -2.09. The zero-order valence-corrected chi connectivity index (χ0v) is 12.2. The Labute approximate surface area is 113 Å². The van der Waals surface area contributed by atoms with Crippen LogP contribution in [0.5, 0.6) is 0 Å². The summed E-state index contributed by atoms with van der Waals surface area (Å²) < 4.78 is 4.65. The van der Waals surface area contributed by atoms with Gasteiger partial charge in [0.05, 0.1) is 13.5 Å². The second-order valence-corrected chi connectivity index (χ2v) is 5.71. The van der Waals surface area contributed by atoms with Gasteiger partial charge >= 0.3 is 5.97 Å². The molecule has 1 N–H and O–H groups in total. The van der Waals surface area contributed by atoms with E-state index in [1.165, 1.54) is 12.0 Å². The van der Waals surface area contributed by atoms with E-state index in [2.05, 4.69) is 35.1 Å². The van der Waals surface area contributed by atoms with Crippen molar-refractivity contribution in [2.24, 2.45) is 0 Å². The molecular formula is C13H22N2O2S. The van der Waals surface area contributed by atoms with Gasteiger partial charge in [0.15, 0.2) is 0 Å². The van der Waals surface area contributed by atoms with Crippen molar-refractivity contribution in [3.63, 3.8) is 0 Å². The summed E-state index contributed by atoms with van der Waals surface area (Å²) in [6, 6.07) is 4.07. The molecule has 0 aliphatic heterocycles. The first-order valence-electron chi connectivity index (χ1n) is 6.11. The Morgan fingerprint density at radius 2 is 2.11 bits per heavy atom. The number of nitrogens with one attached hydrogen (secondary N) is 1. The summed E-state index contributed by atoms with van der Waals surface area (Å²) in [5.74, 6) is -0.178. The van der Waals surface area contributed by atoms with Crippen molar-refractivity contribution in [1.29, 1.82) is 0 Å². The van der Waals surface area contributed by atoms with Crippen molar-refractivity contribution in [3.8, 4) is 0 Å². The van der Waals surface area contributed by atoms with Crippen LogP contribution < -0.4 is 5.32 Å². The van der Waals surface area contributed by atoms with E-state index in [1.807, 2.05) is 6.07 Å². The molecule has 0 radical (unpaired) electrons. The van der Waals surface area contributed by atoms with Crippen molar-refractivity contribution in [3.05, 3.63) is 21.9 Å². The van der Waals surface area contributed by atoms with Crippen LogP contribution in [0.3, 0.4) is 0 Å². The highest BCUT2D eigenvalue weighted by atomic mass is 32.1. The van der Waals surface area contributed by atoms with E-state index < -0.39 is 0 Å². The summed E-state index contributed by atoms with van der Waals surface area (Å²) in [7, 11) is 5.58. The highest BCUT2D eigenvalue weighted by molar-refractivity contribution is 7.12. The van der Waals surface area contributed by atoms with E-state index in [9.17, 15) is 4.79 Å². The molecule has 0 aliphatic rings. The highest BCUT2D eigenvalue weighted by Crippen LogP contribution is 2.17. The van der Waals surface area contributed by atoms with Gasteiger partial charge in [-0.05, 0) is 45.7 Å². The molecule has 1 rings (SSSR count). The number of nitrogens with zero attached hydrogens (tertiary/aromatic N) is 1. The fourth-order valence-corrected chi connectivity index (χ4v) is 2.53. The van der Waals surface area contributed by atoms with Crippen LogP contribution in [-0.4, -0.2) is 45.2 Å². The quantitative estimate of drug-likeness (QED) is 0.574. The van der Waals surface area contributed by atoms with Gasteiger partial charge in [0.25, 0.3) is 0 Å². The molecule has 1 aromatic rings. The van der Waals surface area contributed by atoms with Crippen LogP contribution in [0.2, 0.25) is 0 Å². The molecule has 5 heteroatoms. The first-order valence-corrected chi connectivity index (χ1v) is 6.93. The zero-order chi connectivity index (χ0) is 13.4. The first-order chi connectivity index (χ1) is 8.61. The third-order valence-corrected chi connectivity index (χ3v) is 3.61. The number of hydrogen-bond acceptors (Lipinski definition) is 5. The fraction of sp³-hybridized carbons (Fsp3) is 0.615. The van der Waals surface area contributed by atoms with Gasteiger partial charge in [-0.15, -0.1) is 11.3 Å². The monoisotopic (exact) mass is 270 g/mol. The predicted molar refractivity (Wildman–Crippen MR) is 74.9 cm³/mol. The number of carbonyl (C=O) groups excluding carboxylic acids is 1. The molecule has 0 saturated heterocycles. The molecule has 1 aromatic heterocycles. The van der Waals surface area contributed by atoms with E-state index in [1.54, 1.807) is 11.3 Å². The molecule has 0 fully saturated rings. The van der Waals surface area contributed by atoms with Crippen molar-refractivity contribution >= 4 is 17.3 Å². The van der Waals surface area contributed by atoms with Crippen LogP contribution >= 0.6 is 11.3 Å². The Kier molecular flexibility index (Phi) is 6.93. The van der Waals surface area contributed by atoms with E-state index in [0.29, 0.717) is 6.42 Å². The summed E-state index contributed by atoms with van der Waals surface area (Å²) in [5.41, 5.74) is 0. The fourth-order valence-electron chi connectivity index (χ4n) is 1.56. The standard InChI is InChI=1S/C13H22N2O2S/c1-15(2)8-4-7-14-10-12-6-5-11(18-12)9-13(16)17-3/h5-6,14H,4,7-10H2,1-3H3. The number of ether oxygens (including phenoxy) is 1. The molecule has 0 unspecified atom stereocenters. The minimum Gasteiger partial charge on any atom is -0.469 e. The molecular weight excluding hydrogens is 248 g/mol. The topological polar surface area (TPSA) is 41.6 Å². The van der Waals surface area contributed by atoms with Crippen molar-refractivity contribution in [2.75, 3.05) is 34.3 Å². The van der Waals surface area contributed by atoms with Crippen LogP contribution in [0.1, 0.15) is 16.2 Å². The molecule has 4 nitrogen and oxygen atoms in total. The average Bonchev–Trinajstić information content (AvgIpc) is 2.75. The maximum absolute atomic E-state index is 11.1. The van der Waals surface area contributed by atoms with E-state index >= 15 is 0 Å². The Hall–Kier alpha value is -0.910. The van der Waals surface area contributed by atoms with Gasteiger partial charge in [-0.25, -0.2) is 0 Å². The molecule has 102 valence electrons. The van der Waals surface area contributed by atoms with Gasteiger partial charge in [0.2, 0.25) is 0 Å². The van der Waals surface area contributed by atoms with Crippen LogP contribution in [0.15, 0.2) is 12.1 Å². The third-order valence-electron chi connectivity index (χ3n) is 2.52. The zero-order valence-electron chi connectivity index (χ0n) is 11.4. The SMILES string of the molecule is COC(=O)Cc1ccc(CNCCCN(C)C)s1. The summed E-state index contributed by atoms with van der Waals surface area (Å²) in [5, 5.41) is 3.41. The third kappa shape index (κ3) is 6.14. The normalized spacial score (nSPS) is 10.9. The van der Waals surface area contributed by atoms with Gasteiger partial charge in [-0.2, -0.15) is 0 Å². The Balaban J connectivity index is 2.21. The Morgan fingerprint density at radius 3 is 2.78 bits per heavy atom. The second kappa shape index (κ2) is 8.24. The molecule has 0 saturated carbocycles. The lowest BCUT2D eigenvalue weighted by molar-refractivity contribution is -0.139. The van der Waals surface area contributed by atoms with Gasteiger partial charge in [0.1, 0.15) is 0 Å². The van der Waals surface area contributed by atoms with Crippen molar-refractivity contribution in [1.82, 2.24) is 10.2 Å². The smallest absolute Gasteiger partial charge is 0.310 e. The minimum absolute atomic E-state index is 0.178. The van der Waals surface area contributed by atoms with Gasteiger partial charge in [-0.3, -0.25) is 4.79 Å². The van der Waals surface area contributed by atoms with E-state index in [4.69, 9.17) is 0 Å². The van der Waals surface area contributed by atoms with Crippen molar-refractivity contribution in [2.45, 2.75) is 19.4 Å². The maximum atomic E-state index is 11.1. The first kappa shape index (κ1) is 15.1. The van der Waals surface area contributed by atoms with Crippen LogP contribution in [-0.2, 0) is 22.5 Å². The van der Waals surface area contributed by atoms with E-state index in [-0.39, 0.29) is 5.97 Å². The number of hydrogen-bond donors (Lipinski definition) is 1. The molecule has 0 atom stereocenters. The summed E-state index contributed by atoms with van der Waals surface area (Å²) >= 11 is 1.67. The lowest BCUT2D eigenvalue weighted by Crippen LogP contribution is -2.20. The molecule has 0 aliphatic carbocycles. The molecule has 18 heavy (non-hydrogen) atoms. The minimum atomic E-state index is -0.178. The molecule has 0 aromatic carbocycles. The van der Waals surface area contributed by atoms with Gasteiger partial charge in [0, 0.05) is 16.3 Å². The molecule has 0 bridgehead atoms.